The molecule has 4 nitrogen and oxygen atoms in total. The van der Waals surface area contributed by atoms with Crippen molar-refractivity contribution in [2.24, 2.45) is 0 Å². The first kappa shape index (κ1) is 13.0. The molecule has 0 spiro atoms. The van der Waals surface area contributed by atoms with Gasteiger partial charge in [0.2, 0.25) is 0 Å². The Morgan fingerprint density at radius 1 is 1.44 bits per heavy atom. The maximum absolute atomic E-state index is 13.2. The molecule has 6 heteroatoms. The molecule has 0 saturated heterocycles. The maximum atomic E-state index is 13.2. The van der Waals surface area contributed by atoms with Crippen LogP contribution in [0, 0.1) is 5.82 Å². The van der Waals surface area contributed by atoms with Gasteiger partial charge >= 0.3 is 0 Å². The second-order valence-corrected chi connectivity index (χ2v) is 4.57. The van der Waals surface area contributed by atoms with Gasteiger partial charge in [0.15, 0.2) is 12.4 Å². The maximum Gasteiger partial charge on any atom is 0.264 e. The lowest BCUT2D eigenvalue weighted by Crippen LogP contribution is -1.96. The van der Waals surface area contributed by atoms with E-state index >= 15 is 0 Å². The first-order chi connectivity index (χ1) is 8.69. The van der Waals surface area contributed by atoms with E-state index in [1.54, 1.807) is 12.1 Å². The van der Waals surface area contributed by atoms with Crippen LogP contribution in [-0.4, -0.2) is 10.1 Å². The summed E-state index contributed by atoms with van der Waals surface area (Å²) >= 11 is 3.07. The van der Waals surface area contributed by atoms with Gasteiger partial charge in [-0.05, 0) is 34.5 Å². The number of hydrogen-bond acceptors (Lipinski definition) is 4. The third kappa shape index (κ3) is 3.29. The largest absolute Gasteiger partial charge is 0.484 e. The van der Waals surface area contributed by atoms with E-state index in [0.717, 1.165) is 12.8 Å². The summed E-state index contributed by atoms with van der Waals surface area (Å²) in [5.74, 6) is 1.11. The summed E-state index contributed by atoms with van der Waals surface area (Å²) in [6.07, 6.45) is 1.73. The fourth-order valence-electron chi connectivity index (χ4n) is 1.39. The molecule has 2 rings (SSSR count). The van der Waals surface area contributed by atoms with Crippen LogP contribution in [0.5, 0.6) is 5.75 Å². The number of rotatable bonds is 5. The van der Waals surface area contributed by atoms with Gasteiger partial charge in [0.05, 0.1) is 4.47 Å². The Morgan fingerprint density at radius 3 is 3.00 bits per heavy atom. The number of ether oxygens (including phenoxy) is 1. The second kappa shape index (κ2) is 5.95. The lowest BCUT2D eigenvalue weighted by atomic mass is 10.3. The van der Waals surface area contributed by atoms with Crippen LogP contribution in [0.15, 0.2) is 27.2 Å². The van der Waals surface area contributed by atoms with E-state index < -0.39 is 0 Å². The van der Waals surface area contributed by atoms with Crippen LogP contribution in [0.1, 0.15) is 25.1 Å². The van der Waals surface area contributed by atoms with Crippen molar-refractivity contribution in [3.63, 3.8) is 0 Å². The summed E-state index contributed by atoms with van der Waals surface area (Å²) in [7, 11) is 0. The lowest BCUT2D eigenvalue weighted by Gasteiger charge is -2.03. The number of hydrogen-bond donors (Lipinski definition) is 0. The Labute approximate surface area is 112 Å². The molecular formula is C12H12BrFN2O2. The van der Waals surface area contributed by atoms with Crippen molar-refractivity contribution in [3.8, 4) is 5.75 Å². The van der Waals surface area contributed by atoms with Crippen molar-refractivity contribution in [1.29, 1.82) is 0 Å². The van der Waals surface area contributed by atoms with E-state index in [-0.39, 0.29) is 12.4 Å². The van der Waals surface area contributed by atoms with Gasteiger partial charge in [0.25, 0.3) is 5.89 Å². The minimum atomic E-state index is -0.371. The Hall–Kier alpha value is -1.43. The molecule has 2 aromatic rings. The number of nitrogens with zero attached hydrogens (tertiary/aromatic N) is 2. The molecular weight excluding hydrogens is 303 g/mol. The second-order valence-electron chi connectivity index (χ2n) is 3.72. The summed E-state index contributed by atoms with van der Waals surface area (Å²) in [4.78, 5) is 4.15. The van der Waals surface area contributed by atoms with E-state index in [4.69, 9.17) is 9.26 Å². The average molecular weight is 315 g/mol. The van der Waals surface area contributed by atoms with Crippen LogP contribution in [0.4, 0.5) is 4.39 Å². The zero-order chi connectivity index (χ0) is 13.0. The van der Waals surface area contributed by atoms with Crippen molar-refractivity contribution in [2.45, 2.75) is 26.4 Å². The van der Waals surface area contributed by atoms with Crippen LogP contribution >= 0.6 is 15.9 Å². The Kier molecular flexibility index (Phi) is 4.30. The molecule has 1 aromatic carbocycles. The highest BCUT2D eigenvalue weighted by Gasteiger charge is 2.07. The Morgan fingerprint density at radius 2 is 2.28 bits per heavy atom. The molecule has 0 radical (unpaired) electrons. The van der Waals surface area contributed by atoms with Crippen molar-refractivity contribution in [1.82, 2.24) is 10.1 Å². The summed E-state index contributed by atoms with van der Waals surface area (Å²) < 4.78 is 24.0. The molecule has 1 aromatic heterocycles. The normalized spacial score (nSPS) is 10.6. The molecule has 18 heavy (non-hydrogen) atoms. The van der Waals surface area contributed by atoms with Crippen LogP contribution < -0.4 is 4.74 Å². The number of benzene rings is 1. The van der Waals surface area contributed by atoms with Crippen LogP contribution in [0.3, 0.4) is 0 Å². The molecule has 96 valence electrons. The van der Waals surface area contributed by atoms with Crippen molar-refractivity contribution < 1.29 is 13.7 Å². The topological polar surface area (TPSA) is 48.2 Å². The fraction of sp³-hybridized carbons (Fsp3) is 0.333. The molecule has 0 fully saturated rings. The highest BCUT2D eigenvalue weighted by Crippen LogP contribution is 2.21. The van der Waals surface area contributed by atoms with E-state index in [2.05, 4.69) is 26.1 Å². The van der Waals surface area contributed by atoms with Crippen LogP contribution in [0.2, 0.25) is 0 Å². The predicted molar refractivity (Wildman–Crippen MR) is 66.7 cm³/mol. The SMILES string of the molecule is CCCc1noc(COc2ccc(Br)c(F)c2)n1. The molecule has 0 bridgehead atoms. The molecule has 0 aliphatic rings. The Bertz CT molecular complexity index is 531. The third-order valence-electron chi connectivity index (χ3n) is 2.24. The summed E-state index contributed by atoms with van der Waals surface area (Å²) in [6, 6.07) is 4.55. The standard InChI is InChI=1S/C12H12BrFN2O2/c1-2-3-11-15-12(18-16-11)7-17-8-4-5-9(13)10(14)6-8/h4-6H,2-3,7H2,1H3. The first-order valence-electron chi connectivity index (χ1n) is 5.58. The summed E-state index contributed by atoms with van der Waals surface area (Å²) in [6.45, 7) is 2.18. The summed E-state index contributed by atoms with van der Waals surface area (Å²) in [5, 5.41) is 3.80. The van der Waals surface area contributed by atoms with Gasteiger partial charge < -0.3 is 9.26 Å². The van der Waals surface area contributed by atoms with E-state index in [0.29, 0.717) is 21.9 Å². The van der Waals surface area contributed by atoms with E-state index in [9.17, 15) is 4.39 Å². The minimum absolute atomic E-state index is 0.137. The van der Waals surface area contributed by atoms with Crippen LogP contribution in [0.25, 0.3) is 0 Å². The van der Waals surface area contributed by atoms with E-state index in [1.807, 2.05) is 6.92 Å². The molecule has 1 heterocycles. The Balaban J connectivity index is 1.95. The highest BCUT2D eigenvalue weighted by molar-refractivity contribution is 9.10. The van der Waals surface area contributed by atoms with Gasteiger partial charge in [-0.1, -0.05) is 12.1 Å². The molecule has 0 saturated carbocycles. The van der Waals surface area contributed by atoms with Gasteiger partial charge in [-0.2, -0.15) is 4.98 Å². The number of aryl methyl sites for hydroxylation is 1. The van der Waals surface area contributed by atoms with Crippen molar-refractivity contribution in [3.05, 3.63) is 40.2 Å². The number of halogens is 2. The van der Waals surface area contributed by atoms with Gasteiger partial charge in [-0.25, -0.2) is 4.39 Å². The smallest absolute Gasteiger partial charge is 0.264 e. The molecule has 0 aliphatic carbocycles. The van der Waals surface area contributed by atoms with Gasteiger partial charge in [0.1, 0.15) is 11.6 Å². The lowest BCUT2D eigenvalue weighted by molar-refractivity contribution is 0.241. The molecule has 0 amide bonds. The molecule has 0 aliphatic heterocycles. The minimum Gasteiger partial charge on any atom is -0.484 e. The quantitative estimate of drug-likeness (QED) is 0.847. The zero-order valence-electron chi connectivity index (χ0n) is 9.82. The van der Waals surface area contributed by atoms with Gasteiger partial charge in [-0.3, -0.25) is 0 Å². The zero-order valence-corrected chi connectivity index (χ0v) is 11.4. The summed E-state index contributed by atoms with van der Waals surface area (Å²) in [5.41, 5.74) is 0. The average Bonchev–Trinajstić information content (AvgIpc) is 2.79. The first-order valence-corrected chi connectivity index (χ1v) is 6.37. The van der Waals surface area contributed by atoms with E-state index in [1.165, 1.54) is 6.07 Å². The molecule has 0 N–H and O–H groups in total. The molecule has 0 unspecified atom stereocenters. The number of aromatic nitrogens is 2. The third-order valence-corrected chi connectivity index (χ3v) is 2.88. The molecule has 0 atom stereocenters. The van der Waals surface area contributed by atoms with Crippen molar-refractivity contribution in [2.75, 3.05) is 0 Å². The van der Waals surface area contributed by atoms with Crippen molar-refractivity contribution >= 4 is 15.9 Å². The van der Waals surface area contributed by atoms with Gasteiger partial charge in [0, 0.05) is 12.5 Å². The predicted octanol–water partition coefficient (Wildman–Crippen LogP) is 3.50. The van der Waals surface area contributed by atoms with Crippen LogP contribution in [-0.2, 0) is 13.0 Å². The fourth-order valence-corrected chi connectivity index (χ4v) is 1.63. The monoisotopic (exact) mass is 314 g/mol. The highest BCUT2D eigenvalue weighted by atomic mass is 79.9. The van der Waals surface area contributed by atoms with Gasteiger partial charge in [-0.15, -0.1) is 0 Å².